The number of hydrogen-bond donors (Lipinski definition) is 1. The van der Waals surface area contributed by atoms with E-state index in [0.717, 1.165) is 27.6 Å². The molecule has 4 aromatic rings. The number of aromatic nitrogens is 4. The average Bonchev–Trinajstić information content (AvgIpc) is 3.48. The summed E-state index contributed by atoms with van der Waals surface area (Å²) in [6.45, 7) is 26.2. The van der Waals surface area contributed by atoms with Crippen molar-refractivity contribution in [1.29, 1.82) is 0 Å². The fourth-order valence-corrected chi connectivity index (χ4v) is 2.82. The van der Waals surface area contributed by atoms with Gasteiger partial charge in [-0.1, -0.05) is 70.2 Å². The first-order valence-electron chi connectivity index (χ1n) is 13.1. The van der Waals surface area contributed by atoms with Crippen LogP contribution in [-0.4, -0.2) is 54.6 Å². The third-order valence-electron chi connectivity index (χ3n) is 3.97. The predicted molar refractivity (Wildman–Crippen MR) is 188 cm³/mol. The Morgan fingerprint density at radius 3 is 1.62 bits per heavy atom. The van der Waals surface area contributed by atoms with Gasteiger partial charge in [0.25, 0.3) is 0 Å². The van der Waals surface area contributed by atoms with E-state index >= 15 is 0 Å². The van der Waals surface area contributed by atoms with Crippen molar-refractivity contribution in [2.24, 2.45) is 5.10 Å². The zero-order chi connectivity index (χ0) is 27.4. The normalized spacial score (nSPS) is 8.25. The molecule has 4 rings (SSSR count). The Morgan fingerprint density at radius 1 is 0.800 bits per heavy atom. The molecule has 8 heteroatoms. The first-order valence-corrected chi connectivity index (χ1v) is 13.1. The van der Waals surface area contributed by atoms with Gasteiger partial charge in [-0.2, -0.15) is 5.10 Å². The van der Waals surface area contributed by atoms with Crippen LogP contribution >= 0.6 is 0 Å². The molecular weight excluding hydrogens is 573 g/mol. The second-order valence-corrected chi connectivity index (χ2v) is 6.84. The maximum Gasteiger partial charge on any atom is 2.00 e. The quantitative estimate of drug-likeness (QED) is 0.144. The number of pyridine rings is 2. The van der Waals surface area contributed by atoms with Crippen molar-refractivity contribution >= 4 is 51.3 Å². The van der Waals surface area contributed by atoms with Gasteiger partial charge >= 0.3 is 23.1 Å². The minimum absolute atomic E-state index is 0. The molecule has 6 nitrogen and oxygen atoms in total. The van der Waals surface area contributed by atoms with Crippen LogP contribution < -0.4 is 22.4 Å². The summed E-state index contributed by atoms with van der Waals surface area (Å²) in [5.74, 6) is 0. The SMILES string of the molecule is C.C.C/C=N/n1ccc2ncc(C)cc21.CC.CC.CC.CC.Cc1cnc2ccn(NC(C)C)c2c1.[2HH].[2HH].[Br-].[CH3-].[Mg+2]. The maximum absolute atomic E-state index is 4.35. The van der Waals surface area contributed by atoms with Crippen LogP contribution in [0.25, 0.3) is 22.1 Å². The van der Waals surface area contributed by atoms with E-state index in [1.807, 2.05) is 116 Å². The second-order valence-electron chi connectivity index (χ2n) is 6.84. The number of aryl methyl sites for hydroxylation is 2. The van der Waals surface area contributed by atoms with Crippen LogP contribution in [0.5, 0.6) is 0 Å². The van der Waals surface area contributed by atoms with Crippen molar-refractivity contribution in [2.45, 2.75) is 111 Å². The monoisotopic (exact) mass is 638 g/mol. The van der Waals surface area contributed by atoms with Crippen molar-refractivity contribution in [3.63, 3.8) is 0 Å². The van der Waals surface area contributed by atoms with E-state index in [0.29, 0.717) is 6.04 Å². The molecule has 0 saturated heterocycles. The van der Waals surface area contributed by atoms with E-state index in [1.165, 1.54) is 5.56 Å². The number of hydrogen-bond acceptors (Lipinski definition) is 4. The van der Waals surface area contributed by atoms with E-state index in [9.17, 15) is 0 Å². The van der Waals surface area contributed by atoms with Crippen LogP contribution in [0.4, 0.5) is 0 Å². The summed E-state index contributed by atoms with van der Waals surface area (Å²) in [6.07, 6.45) is 9.44. The molecule has 0 bridgehead atoms. The first kappa shape index (κ1) is 54.2. The van der Waals surface area contributed by atoms with E-state index < -0.39 is 0 Å². The van der Waals surface area contributed by atoms with E-state index in [1.54, 1.807) is 6.21 Å². The zero-order valence-corrected chi connectivity index (χ0v) is 29.6. The number of nitrogens with zero attached hydrogens (tertiary/aromatic N) is 5. The molecule has 0 amide bonds. The summed E-state index contributed by atoms with van der Waals surface area (Å²) in [5.41, 5.74) is 9.87. The third-order valence-corrected chi connectivity index (χ3v) is 3.97. The minimum Gasteiger partial charge on any atom is -1.00 e. The summed E-state index contributed by atoms with van der Waals surface area (Å²) in [4.78, 5) is 8.64. The molecule has 0 aliphatic carbocycles. The Hall–Kier alpha value is -1.90. The van der Waals surface area contributed by atoms with Crippen molar-refractivity contribution in [3.05, 3.63) is 67.6 Å². The summed E-state index contributed by atoms with van der Waals surface area (Å²) in [5, 5.41) is 4.19. The van der Waals surface area contributed by atoms with Gasteiger partial charge in [-0.3, -0.25) is 14.6 Å². The Bertz CT molecular complexity index is 1100. The van der Waals surface area contributed by atoms with Crippen LogP contribution in [0, 0.1) is 21.3 Å². The zero-order valence-electron chi connectivity index (χ0n) is 26.6. The first-order chi connectivity index (χ1) is 17.0. The molecule has 0 aromatic carbocycles. The van der Waals surface area contributed by atoms with Crippen LogP contribution in [0.3, 0.4) is 0 Å². The molecule has 232 valence electrons. The van der Waals surface area contributed by atoms with Gasteiger partial charge < -0.3 is 29.8 Å². The molecule has 4 heterocycles. The van der Waals surface area contributed by atoms with Gasteiger partial charge in [0.05, 0.1) is 22.1 Å². The molecule has 0 aliphatic heterocycles. The third kappa shape index (κ3) is 18.4. The van der Waals surface area contributed by atoms with Gasteiger partial charge in [-0.05, 0) is 70.0 Å². The van der Waals surface area contributed by atoms with Crippen molar-refractivity contribution in [1.82, 2.24) is 19.3 Å². The van der Waals surface area contributed by atoms with Gasteiger partial charge in [0.1, 0.15) is 0 Å². The molecular formula is C32H65BrMgN6. The molecule has 0 atom stereocenters. The smallest absolute Gasteiger partial charge is 1.00 e. The van der Waals surface area contributed by atoms with Gasteiger partial charge in [0, 0.05) is 39.9 Å². The number of nitrogens with one attached hydrogen (secondary N) is 1. The number of fused-ring (bicyclic) bond motifs is 2. The van der Waals surface area contributed by atoms with Crippen molar-refractivity contribution < 1.29 is 19.8 Å². The molecule has 0 spiro atoms. The van der Waals surface area contributed by atoms with Gasteiger partial charge in [0.15, 0.2) is 0 Å². The number of halogens is 1. The molecule has 40 heavy (non-hydrogen) atoms. The molecule has 4 aromatic heterocycles. The maximum atomic E-state index is 4.35. The van der Waals surface area contributed by atoms with Gasteiger partial charge in [-0.15, -0.1) is 0 Å². The summed E-state index contributed by atoms with van der Waals surface area (Å²) >= 11 is 0. The van der Waals surface area contributed by atoms with E-state index in [4.69, 9.17) is 0 Å². The summed E-state index contributed by atoms with van der Waals surface area (Å²) in [7, 11) is 0. The summed E-state index contributed by atoms with van der Waals surface area (Å²) in [6, 6.07) is 8.62. The summed E-state index contributed by atoms with van der Waals surface area (Å²) < 4.78 is 3.86. The van der Waals surface area contributed by atoms with Gasteiger partial charge in [0.2, 0.25) is 0 Å². The van der Waals surface area contributed by atoms with Gasteiger partial charge in [-0.25, -0.2) is 4.68 Å². The predicted octanol–water partition coefficient (Wildman–Crippen LogP) is 7.44. The molecule has 0 saturated carbocycles. The molecule has 0 aliphatic rings. The average molecular weight is 640 g/mol. The van der Waals surface area contributed by atoms with Crippen LogP contribution in [0.2, 0.25) is 0 Å². The Labute approximate surface area is 278 Å². The topological polar surface area (TPSA) is 60.0 Å². The van der Waals surface area contributed by atoms with Crippen molar-refractivity contribution in [2.75, 3.05) is 5.43 Å². The van der Waals surface area contributed by atoms with Crippen LogP contribution in [-0.2, 0) is 0 Å². The van der Waals surface area contributed by atoms with Crippen molar-refractivity contribution in [3.8, 4) is 0 Å². The Morgan fingerprint density at radius 2 is 1.20 bits per heavy atom. The van der Waals surface area contributed by atoms with Crippen LogP contribution in [0.1, 0.15) is 105 Å². The fourth-order valence-electron chi connectivity index (χ4n) is 2.82. The largest absolute Gasteiger partial charge is 2.00 e. The fraction of sp³-hybridized carbons (Fsp3) is 0.500. The number of rotatable bonds is 3. The van der Waals surface area contributed by atoms with Crippen LogP contribution in [0.15, 0.2) is 54.2 Å². The van der Waals surface area contributed by atoms with E-state index in [-0.39, 0.29) is 65.2 Å². The molecule has 1 N–H and O–H groups in total. The Balaban J connectivity index is -0.0000000527. The molecule has 0 fully saturated rings. The molecule has 0 radical (unpaired) electrons. The standard InChI is InChI=1S/C11H15N3.C10H11N3.4C2H6.2CH4.CH3.BrH.Mg.2H2/c1-8(2)13-14-5-4-10-11(14)6-9(3)7-12-10;1-3-12-13-5-4-9-10(13)6-8(2)7-11-9;4*1-2;;;;;;;/h4-8,13H,1-3H3;3-7H,1-2H3;4*1-2H3;2*1H4;1H3;1H;;2*1H/q;;;;;;;;-1;;+2;;/p-1/b;12-3+;;;;;;;;;;;/i;;;;;;;;;;;2*1+1. The molecule has 0 unspecified atom stereocenters. The Kier molecular flexibility index (Phi) is 45.1. The second kappa shape index (κ2) is 33.3. The van der Waals surface area contributed by atoms with E-state index in [2.05, 4.69) is 53.4 Å². The minimum atomic E-state index is 0.